The molecule has 3 rings (SSSR count). The van der Waals surface area contributed by atoms with Crippen LogP contribution >= 0.6 is 0 Å². The number of imide groups is 1. The summed E-state index contributed by atoms with van der Waals surface area (Å²) < 4.78 is 32.6. The van der Waals surface area contributed by atoms with Gasteiger partial charge >= 0.3 is 0 Å². The Labute approximate surface area is 138 Å². The van der Waals surface area contributed by atoms with Crippen molar-refractivity contribution in [1.82, 2.24) is 5.32 Å². The number of benzene rings is 2. The molecule has 7 nitrogen and oxygen atoms in total. The molecule has 0 fully saturated rings. The van der Waals surface area contributed by atoms with E-state index in [1.807, 2.05) is 6.92 Å². The maximum atomic E-state index is 12.4. The highest BCUT2D eigenvalue weighted by atomic mass is 32.2. The summed E-state index contributed by atoms with van der Waals surface area (Å²) in [7, 11) is -3.88. The molecule has 0 spiro atoms. The lowest BCUT2D eigenvalue weighted by atomic mass is 10.1. The van der Waals surface area contributed by atoms with Crippen molar-refractivity contribution in [3.05, 3.63) is 53.6 Å². The molecule has 124 valence electrons. The fourth-order valence-corrected chi connectivity index (χ4v) is 3.40. The van der Waals surface area contributed by atoms with E-state index in [1.54, 1.807) is 24.3 Å². The van der Waals surface area contributed by atoms with Crippen LogP contribution in [0.4, 0.5) is 5.69 Å². The van der Waals surface area contributed by atoms with E-state index in [4.69, 9.17) is 4.74 Å². The lowest BCUT2D eigenvalue weighted by Crippen LogP contribution is -2.19. The van der Waals surface area contributed by atoms with Gasteiger partial charge in [-0.3, -0.25) is 19.6 Å². The second-order valence-electron chi connectivity index (χ2n) is 5.05. The van der Waals surface area contributed by atoms with Crippen molar-refractivity contribution in [3.63, 3.8) is 0 Å². The Bertz CT molecular complexity index is 920. The second kappa shape index (κ2) is 5.97. The largest absolute Gasteiger partial charge is 0.494 e. The van der Waals surface area contributed by atoms with Crippen LogP contribution in [0.1, 0.15) is 27.6 Å². The average molecular weight is 346 g/mol. The maximum absolute atomic E-state index is 12.4. The monoisotopic (exact) mass is 346 g/mol. The maximum Gasteiger partial charge on any atom is 0.261 e. The molecule has 2 aromatic rings. The van der Waals surface area contributed by atoms with Crippen LogP contribution in [-0.2, 0) is 10.0 Å². The van der Waals surface area contributed by atoms with Gasteiger partial charge in [0.15, 0.2) is 0 Å². The average Bonchev–Trinajstić information content (AvgIpc) is 2.84. The minimum absolute atomic E-state index is 0.0505. The van der Waals surface area contributed by atoms with Gasteiger partial charge in [0.05, 0.1) is 22.6 Å². The molecule has 1 aliphatic heterocycles. The van der Waals surface area contributed by atoms with Crippen molar-refractivity contribution < 1.29 is 22.7 Å². The quantitative estimate of drug-likeness (QED) is 0.804. The van der Waals surface area contributed by atoms with E-state index >= 15 is 0 Å². The molecule has 0 radical (unpaired) electrons. The number of amides is 2. The van der Waals surface area contributed by atoms with E-state index in [-0.39, 0.29) is 16.0 Å². The molecule has 8 heteroatoms. The zero-order valence-corrected chi connectivity index (χ0v) is 13.5. The third kappa shape index (κ3) is 2.95. The molecule has 0 saturated heterocycles. The third-order valence-electron chi connectivity index (χ3n) is 3.44. The molecular weight excluding hydrogens is 332 g/mol. The highest BCUT2D eigenvalue weighted by Gasteiger charge is 2.28. The molecule has 0 unspecified atom stereocenters. The smallest absolute Gasteiger partial charge is 0.261 e. The van der Waals surface area contributed by atoms with E-state index in [2.05, 4.69) is 10.0 Å². The van der Waals surface area contributed by atoms with Crippen LogP contribution < -0.4 is 14.8 Å². The first kappa shape index (κ1) is 16.0. The van der Waals surface area contributed by atoms with E-state index in [0.717, 1.165) is 0 Å². The lowest BCUT2D eigenvalue weighted by molar-refractivity contribution is 0.0879. The summed E-state index contributed by atoms with van der Waals surface area (Å²) in [5.74, 6) is -0.500. The standard InChI is InChI=1S/C16H14N2O5S/c1-2-23-11-5-3-10(4-6-11)18-24(21,22)12-7-8-13-14(9-12)16(20)17-15(13)19/h3-9,18H,2H2,1H3,(H,17,19,20). The molecule has 1 heterocycles. The topological polar surface area (TPSA) is 102 Å². The number of sulfonamides is 1. The van der Waals surface area contributed by atoms with Crippen molar-refractivity contribution in [2.45, 2.75) is 11.8 Å². The number of nitrogens with one attached hydrogen (secondary N) is 2. The molecule has 1 aliphatic rings. The Morgan fingerprint density at radius 2 is 1.67 bits per heavy atom. The normalized spacial score (nSPS) is 13.4. The molecule has 2 amide bonds. The van der Waals surface area contributed by atoms with Gasteiger partial charge in [0.1, 0.15) is 5.75 Å². The van der Waals surface area contributed by atoms with Crippen molar-refractivity contribution in [3.8, 4) is 5.75 Å². The Morgan fingerprint density at radius 3 is 2.33 bits per heavy atom. The van der Waals surface area contributed by atoms with Crippen LogP contribution in [0.5, 0.6) is 5.75 Å². The van der Waals surface area contributed by atoms with Gasteiger partial charge in [-0.05, 0) is 49.4 Å². The summed E-state index contributed by atoms with van der Waals surface area (Å²) in [5, 5.41) is 2.12. The molecule has 0 aliphatic carbocycles. The Hall–Kier alpha value is -2.87. The van der Waals surface area contributed by atoms with Crippen molar-refractivity contribution in [1.29, 1.82) is 0 Å². The number of rotatable bonds is 5. The highest BCUT2D eigenvalue weighted by molar-refractivity contribution is 7.92. The molecule has 0 saturated carbocycles. The second-order valence-corrected chi connectivity index (χ2v) is 6.74. The van der Waals surface area contributed by atoms with Gasteiger partial charge in [0.25, 0.3) is 21.8 Å². The van der Waals surface area contributed by atoms with E-state index < -0.39 is 21.8 Å². The zero-order valence-electron chi connectivity index (χ0n) is 12.7. The van der Waals surface area contributed by atoms with Crippen LogP contribution in [0.25, 0.3) is 0 Å². The van der Waals surface area contributed by atoms with Gasteiger partial charge in [-0.25, -0.2) is 8.42 Å². The Kier molecular flexibility index (Phi) is 3.98. The number of anilines is 1. The third-order valence-corrected chi connectivity index (χ3v) is 4.81. The van der Waals surface area contributed by atoms with Gasteiger partial charge < -0.3 is 4.74 Å². The number of ether oxygens (including phenoxy) is 1. The first-order valence-electron chi connectivity index (χ1n) is 7.16. The summed E-state index contributed by atoms with van der Waals surface area (Å²) in [4.78, 5) is 23.1. The number of fused-ring (bicyclic) bond motifs is 1. The van der Waals surface area contributed by atoms with E-state index in [1.165, 1.54) is 18.2 Å². The molecule has 0 bridgehead atoms. The minimum Gasteiger partial charge on any atom is -0.494 e. The highest BCUT2D eigenvalue weighted by Crippen LogP contribution is 2.23. The van der Waals surface area contributed by atoms with Crippen LogP contribution in [-0.4, -0.2) is 26.8 Å². The predicted molar refractivity (Wildman–Crippen MR) is 86.7 cm³/mol. The van der Waals surface area contributed by atoms with Crippen molar-refractivity contribution >= 4 is 27.5 Å². The number of carbonyl (C=O) groups excluding carboxylic acids is 2. The summed E-state index contributed by atoms with van der Waals surface area (Å²) in [5.41, 5.74) is 0.578. The van der Waals surface area contributed by atoms with Gasteiger partial charge in [-0.2, -0.15) is 0 Å². The summed E-state index contributed by atoms with van der Waals surface area (Å²) in [6, 6.07) is 10.2. The van der Waals surface area contributed by atoms with Gasteiger partial charge in [-0.1, -0.05) is 0 Å². The molecule has 0 aromatic heterocycles. The predicted octanol–water partition coefficient (Wildman–Crippen LogP) is 1.77. The van der Waals surface area contributed by atoms with Gasteiger partial charge in [-0.15, -0.1) is 0 Å². The van der Waals surface area contributed by atoms with Gasteiger partial charge in [0, 0.05) is 5.69 Å². The Balaban J connectivity index is 1.87. The summed E-state index contributed by atoms with van der Waals surface area (Å²) in [6.07, 6.45) is 0. The summed E-state index contributed by atoms with van der Waals surface area (Å²) >= 11 is 0. The van der Waals surface area contributed by atoms with Crippen LogP contribution in [0.15, 0.2) is 47.4 Å². The van der Waals surface area contributed by atoms with Crippen molar-refractivity contribution in [2.75, 3.05) is 11.3 Å². The van der Waals surface area contributed by atoms with Gasteiger partial charge in [0.2, 0.25) is 0 Å². The van der Waals surface area contributed by atoms with Crippen LogP contribution in [0, 0.1) is 0 Å². The zero-order chi connectivity index (χ0) is 17.3. The molecule has 0 atom stereocenters. The lowest BCUT2D eigenvalue weighted by Gasteiger charge is -2.10. The SMILES string of the molecule is CCOc1ccc(NS(=O)(=O)c2ccc3c(c2)C(=O)NC3=O)cc1. The van der Waals surface area contributed by atoms with E-state index in [0.29, 0.717) is 18.0 Å². The first-order chi connectivity index (χ1) is 11.4. The van der Waals surface area contributed by atoms with Crippen LogP contribution in [0.2, 0.25) is 0 Å². The van der Waals surface area contributed by atoms with Crippen LogP contribution in [0.3, 0.4) is 0 Å². The fraction of sp³-hybridized carbons (Fsp3) is 0.125. The molecular formula is C16H14N2O5S. The molecule has 2 aromatic carbocycles. The minimum atomic E-state index is -3.88. The first-order valence-corrected chi connectivity index (χ1v) is 8.64. The van der Waals surface area contributed by atoms with E-state index in [9.17, 15) is 18.0 Å². The number of hydrogen-bond donors (Lipinski definition) is 2. The summed E-state index contributed by atoms with van der Waals surface area (Å²) in [6.45, 7) is 2.37. The number of hydrogen-bond acceptors (Lipinski definition) is 5. The fourth-order valence-electron chi connectivity index (χ4n) is 2.31. The van der Waals surface area contributed by atoms with Crippen molar-refractivity contribution in [2.24, 2.45) is 0 Å². The number of carbonyl (C=O) groups is 2. The molecule has 24 heavy (non-hydrogen) atoms. The molecule has 2 N–H and O–H groups in total. The Morgan fingerprint density at radius 1 is 1.00 bits per heavy atom.